The molecular formula is C35H38F2N4O7. The van der Waals surface area contributed by atoms with Gasteiger partial charge < -0.3 is 34.9 Å². The van der Waals surface area contributed by atoms with Gasteiger partial charge in [0, 0.05) is 54.5 Å². The molecule has 254 valence electrons. The highest BCUT2D eigenvalue weighted by atomic mass is 19.1. The van der Waals surface area contributed by atoms with E-state index in [1.165, 1.54) is 62.9 Å². The zero-order chi connectivity index (χ0) is 34.3. The lowest BCUT2D eigenvalue weighted by Crippen LogP contribution is -2.21. The second-order valence-electron chi connectivity index (χ2n) is 10.7. The predicted molar refractivity (Wildman–Crippen MR) is 177 cm³/mol. The molecule has 11 nitrogen and oxygen atoms in total. The van der Waals surface area contributed by atoms with Crippen LogP contribution in [0.5, 0.6) is 23.0 Å². The second-order valence-corrected chi connectivity index (χ2v) is 10.7. The van der Waals surface area contributed by atoms with Crippen molar-refractivity contribution in [3.05, 3.63) is 78.5 Å². The van der Waals surface area contributed by atoms with Crippen molar-refractivity contribution >= 4 is 40.1 Å². The van der Waals surface area contributed by atoms with E-state index in [0.29, 0.717) is 79.2 Å². The Balaban J connectivity index is 1.26. The number of nitrogens with one attached hydrogen (secondary N) is 3. The fourth-order valence-corrected chi connectivity index (χ4v) is 4.62. The molecule has 0 unspecified atom stereocenters. The first-order valence-electron chi connectivity index (χ1n) is 15.5. The van der Waals surface area contributed by atoms with Gasteiger partial charge >= 0.3 is 5.97 Å². The number of halogens is 2. The Hall–Kier alpha value is -5.30. The standard InChI is InChI=1S/C35H38F2N4O7/c1-45-31-21-26-28(22-32(31)47-19-5-16-38-17-15-35(44)46-2)39-18-14-29(26)48-30-13-12-25(20-27(30)37)41-34(43)7-4-3-6-33(42)40-24-10-8-23(36)9-11-24/h8-14,18,20-22,38H,3-7,15-17,19H2,1-2H3,(H,40,42)(H,41,43). The highest BCUT2D eigenvalue weighted by Crippen LogP contribution is 2.38. The van der Waals surface area contributed by atoms with Gasteiger partial charge in [-0.2, -0.15) is 0 Å². The van der Waals surface area contributed by atoms with Crippen molar-refractivity contribution in [1.82, 2.24) is 10.3 Å². The van der Waals surface area contributed by atoms with Crippen molar-refractivity contribution in [3.63, 3.8) is 0 Å². The van der Waals surface area contributed by atoms with Gasteiger partial charge in [0.1, 0.15) is 11.6 Å². The first-order chi connectivity index (χ1) is 23.2. The molecule has 4 rings (SSSR count). The fourth-order valence-electron chi connectivity index (χ4n) is 4.62. The van der Waals surface area contributed by atoms with E-state index in [4.69, 9.17) is 14.2 Å². The average molecular weight is 665 g/mol. The quantitative estimate of drug-likeness (QED) is 0.0818. The molecule has 0 aliphatic rings. The van der Waals surface area contributed by atoms with Crippen LogP contribution in [-0.4, -0.2) is 56.7 Å². The largest absolute Gasteiger partial charge is 0.493 e. The number of methoxy groups -OCH3 is 2. The average Bonchev–Trinajstić information content (AvgIpc) is 3.08. The van der Waals surface area contributed by atoms with Crippen LogP contribution in [0.1, 0.15) is 38.5 Å². The number of unbranched alkanes of at least 4 members (excludes halogenated alkanes) is 1. The first-order valence-corrected chi connectivity index (χ1v) is 15.5. The van der Waals surface area contributed by atoms with Gasteiger partial charge in [-0.1, -0.05) is 0 Å². The van der Waals surface area contributed by atoms with Gasteiger partial charge in [0.2, 0.25) is 11.8 Å². The molecule has 13 heteroatoms. The van der Waals surface area contributed by atoms with E-state index in [1.807, 2.05) is 0 Å². The number of amides is 2. The van der Waals surface area contributed by atoms with E-state index in [1.54, 1.807) is 18.2 Å². The zero-order valence-electron chi connectivity index (χ0n) is 26.8. The van der Waals surface area contributed by atoms with Gasteiger partial charge in [-0.25, -0.2) is 8.78 Å². The summed E-state index contributed by atoms with van der Waals surface area (Å²) in [7, 11) is 2.87. The molecule has 0 spiro atoms. The van der Waals surface area contributed by atoms with Crippen molar-refractivity contribution in [3.8, 4) is 23.0 Å². The summed E-state index contributed by atoms with van der Waals surface area (Å²) < 4.78 is 50.0. The third-order valence-electron chi connectivity index (χ3n) is 7.10. The minimum Gasteiger partial charge on any atom is -0.493 e. The van der Waals surface area contributed by atoms with Crippen LogP contribution in [0.25, 0.3) is 10.9 Å². The molecule has 0 aliphatic heterocycles. The smallest absolute Gasteiger partial charge is 0.306 e. The lowest BCUT2D eigenvalue weighted by molar-refractivity contribution is -0.140. The van der Waals surface area contributed by atoms with Gasteiger partial charge in [-0.15, -0.1) is 0 Å². The molecule has 1 aromatic heterocycles. The number of anilines is 2. The number of esters is 1. The number of carbonyl (C=O) groups excluding carboxylic acids is 3. The summed E-state index contributed by atoms with van der Waals surface area (Å²) in [6, 6.07) is 14.6. The summed E-state index contributed by atoms with van der Waals surface area (Å²) in [6.45, 7) is 1.56. The minimum atomic E-state index is -0.678. The van der Waals surface area contributed by atoms with Crippen molar-refractivity contribution < 1.29 is 42.1 Å². The minimum absolute atomic E-state index is 0.0494. The molecule has 3 aromatic carbocycles. The van der Waals surface area contributed by atoms with Gasteiger partial charge in [0.05, 0.1) is 32.8 Å². The van der Waals surface area contributed by atoms with E-state index in [2.05, 4.69) is 25.7 Å². The van der Waals surface area contributed by atoms with Crippen LogP contribution in [0.4, 0.5) is 20.2 Å². The molecule has 0 radical (unpaired) electrons. The van der Waals surface area contributed by atoms with Crippen molar-refractivity contribution in [2.24, 2.45) is 0 Å². The number of hydrogen-bond acceptors (Lipinski definition) is 9. The fraction of sp³-hybridized carbons (Fsp3) is 0.314. The topological polar surface area (TPSA) is 137 Å². The molecule has 4 aromatic rings. The Kier molecular flexibility index (Phi) is 13.4. The summed E-state index contributed by atoms with van der Waals surface area (Å²) in [5.41, 5.74) is 1.31. The molecule has 0 atom stereocenters. The maximum Gasteiger partial charge on any atom is 0.306 e. The summed E-state index contributed by atoms with van der Waals surface area (Å²) >= 11 is 0. The van der Waals surface area contributed by atoms with E-state index < -0.39 is 11.6 Å². The van der Waals surface area contributed by atoms with Crippen LogP contribution in [0.15, 0.2) is 66.9 Å². The molecule has 0 fully saturated rings. The predicted octanol–water partition coefficient (Wildman–Crippen LogP) is 6.37. The summed E-state index contributed by atoms with van der Waals surface area (Å²) in [6.07, 6.45) is 3.79. The van der Waals surface area contributed by atoms with Gasteiger partial charge in [0.25, 0.3) is 0 Å². The van der Waals surface area contributed by atoms with Crippen molar-refractivity contribution in [2.75, 3.05) is 44.5 Å². The third kappa shape index (κ3) is 10.9. The molecule has 2 amide bonds. The van der Waals surface area contributed by atoms with E-state index in [0.717, 1.165) is 0 Å². The van der Waals surface area contributed by atoms with Crippen LogP contribution in [0.2, 0.25) is 0 Å². The highest BCUT2D eigenvalue weighted by Gasteiger charge is 2.15. The second kappa shape index (κ2) is 18.1. The van der Waals surface area contributed by atoms with Crippen molar-refractivity contribution in [1.29, 1.82) is 0 Å². The lowest BCUT2D eigenvalue weighted by atomic mass is 10.1. The number of hydrogen-bond donors (Lipinski definition) is 3. The van der Waals surface area contributed by atoms with Crippen LogP contribution >= 0.6 is 0 Å². The molecule has 0 saturated carbocycles. The zero-order valence-corrected chi connectivity index (χ0v) is 26.8. The Morgan fingerprint density at radius 3 is 2.12 bits per heavy atom. The Morgan fingerprint density at radius 1 is 0.729 bits per heavy atom. The maximum absolute atomic E-state index is 15.1. The van der Waals surface area contributed by atoms with Crippen LogP contribution in [0.3, 0.4) is 0 Å². The van der Waals surface area contributed by atoms with Crippen molar-refractivity contribution in [2.45, 2.75) is 38.5 Å². The van der Waals surface area contributed by atoms with E-state index in [-0.39, 0.29) is 42.1 Å². The summed E-state index contributed by atoms with van der Waals surface area (Å²) in [4.78, 5) is 40.1. The van der Waals surface area contributed by atoms with Crippen LogP contribution in [-0.2, 0) is 19.1 Å². The Morgan fingerprint density at radius 2 is 1.44 bits per heavy atom. The SMILES string of the molecule is COC(=O)CCNCCCOc1cc2nccc(Oc3ccc(NC(=O)CCCCC(=O)Nc4ccc(F)cc4)cc3F)c2cc1OC. The lowest BCUT2D eigenvalue weighted by Gasteiger charge is -2.14. The normalized spacial score (nSPS) is 10.8. The molecule has 0 aliphatic carbocycles. The van der Waals surface area contributed by atoms with Crippen LogP contribution < -0.4 is 30.2 Å². The molecule has 1 heterocycles. The molecule has 3 N–H and O–H groups in total. The number of ether oxygens (including phenoxy) is 4. The number of aromatic nitrogens is 1. The molecule has 48 heavy (non-hydrogen) atoms. The number of rotatable bonds is 18. The number of carbonyl (C=O) groups is 3. The third-order valence-corrected chi connectivity index (χ3v) is 7.10. The first kappa shape index (κ1) is 35.6. The number of pyridine rings is 1. The van der Waals surface area contributed by atoms with E-state index in [9.17, 15) is 18.8 Å². The summed E-state index contributed by atoms with van der Waals surface area (Å²) in [5.74, 6) is -0.653. The van der Waals surface area contributed by atoms with Gasteiger partial charge in [-0.05, 0) is 74.3 Å². The number of fused-ring (bicyclic) bond motifs is 1. The number of nitrogens with zero attached hydrogens (tertiary/aromatic N) is 1. The monoisotopic (exact) mass is 664 g/mol. The Labute approximate surface area is 276 Å². The van der Waals surface area contributed by atoms with Gasteiger partial charge in [0.15, 0.2) is 23.1 Å². The highest BCUT2D eigenvalue weighted by molar-refractivity contribution is 5.92. The van der Waals surface area contributed by atoms with Gasteiger partial charge in [-0.3, -0.25) is 19.4 Å². The Bertz CT molecular complexity index is 1700. The van der Waals surface area contributed by atoms with Crippen LogP contribution in [0, 0.1) is 11.6 Å². The maximum atomic E-state index is 15.1. The molecular weight excluding hydrogens is 626 g/mol. The molecule has 0 bridgehead atoms. The number of benzene rings is 3. The van der Waals surface area contributed by atoms with E-state index >= 15 is 4.39 Å². The summed E-state index contributed by atoms with van der Waals surface area (Å²) in [5, 5.41) is 9.07. The molecule has 0 saturated heterocycles.